The van der Waals surface area contributed by atoms with E-state index in [2.05, 4.69) is 28.5 Å². The number of rotatable bonds is 5. The molecule has 0 radical (unpaired) electrons. The topological polar surface area (TPSA) is 61.0 Å². The van der Waals surface area contributed by atoms with Crippen molar-refractivity contribution >= 4 is 16.9 Å². The monoisotopic (exact) mass is 362 g/mol. The van der Waals surface area contributed by atoms with Gasteiger partial charge in [0.2, 0.25) is 5.91 Å². The van der Waals surface area contributed by atoms with Gasteiger partial charge in [0.1, 0.15) is 5.82 Å². The number of aromatic nitrogens is 2. The molecule has 1 fully saturated rings. The summed E-state index contributed by atoms with van der Waals surface area (Å²) in [7, 11) is 1.87. The van der Waals surface area contributed by atoms with E-state index in [-0.39, 0.29) is 17.9 Å². The van der Waals surface area contributed by atoms with Crippen molar-refractivity contribution in [3.05, 3.63) is 66.0 Å². The molecule has 1 saturated heterocycles. The molecule has 1 aliphatic rings. The molecule has 140 valence electrons. The zero-order valence-electron chi connectivity index (χ0n) is 15.7. The number of likely N-dealkylation sites (tertiary alicyclic amines) is 1. The Morgan fingerprint density at radius 3 is 2.78 bits per heavy atom. The van der Waals surface area contributed by atoms with Crippen molar-refractivity contribution in [1.82, 2.24) is 20.2 Å². The number of fused-ring (bicyclic) bond motifs is 1. The summed E-state index contributed by atoms with van der Waals surface area (Å²) < 4.78 is 0. The average Bonchev–Trinajstić information content (AvgIpc) is 3.17. The molecule has 2 N–H and O–H groups in total. The first-order chi connectivity index (χ1) is 13.2. The number of benzene rings is 2. The van der Waals surface area contributed by atoms with Crippen LogP contribution in [0.15, 0.2) is 54.6 Å². The Kier molecular flexibility index (Phi) is 5.21. The van der Waals surface area contributed by atoms with Crippen LogP contribution in [0.5, 0.6) is 0 Å². The first-order valence-corrected chi connectivity index (χ1v) is 9.69. The van der Waals surface area contributed by atoms with Gasteiger partial charge in [-0.3, -0.25) is 4.79 Å². The van der Waals surface area contributed by atoms with Crippen molar-refractivity contribution in [1.29, 1.82) is 0 Å². The first kappa shape index (κ1) is 17.7. The molecule has 0 bridgehead atoms. The Morgan fingerprint density at radius 2 is 2.00 bits per heavy atom. The lowest BCUT2D eigenvalue weighted by Gasteiger charge is -2.34. The summed E-state index contributed by atoms with van der Waals surface area (Å²) in [5.74, 6) is 1.45. The molecule has 5 heteroatoms. The van der Waals surface area contributed by atoms with Crippen LogP contribution in [0.2, 0.25) is 0 Å². The van der Waals surface area contributed by atoms with Crippen LogP contribution in [0.3, 0.4) is 0 Å². The fourth-order valence-corrected chi connectivity index (χ4v) is 3.95. The minimum Gasteiger partial charge on any atom is -0.342 e. The summed E-state index contributed by atoms with van der Waals surface area (Å²) in [6.45, 7) is 1.55. The van der Waals surface area contributed by atoms with E-state index < -0.39 is 0 Å². The van der Waals surface area contributed by atoms with Crippen LogP contribution < -0.4 is 5.32 Å². The number of para-hydroxylation sites is 2. The van der Waals surface area contributed by atoms with Crippen molar-refractivity contribution in [3.63, 3.8) is 0 Å². The van der Waals surface area contributed by atoms with Crippen LogP contribution in [0, 0.1) is 0 Å². The predicted molar refractivity (Wildman–Crippen MR) is 108 cm³/mol. The number of nitrogens with zero attached hydrogens (tertiary/aromatic N) is 2. The Bertz CT molecular complexity index is 872. The molecule has 2 atom stereocenters. The van der Waals surface area contributed by atoms with Crippen LogP contribution in [-0.2, 0) is 11.2 Å². The maximum absolute atomic E-state index is 13.1. The fraction of sp³-hybridized carbons (Fsp3) is 0.364. The number of nitrogens with one attached hydrogen (secondary N) is 2. The Hall–Kier alpha value is -2.66. The average molecular weight is 362 g/mol. The highest BCUT2D eigenvalue weighted by Gasteiger charge is 2.30. The zero-order chi connectivity index (χ0) is 18.6. The van der Waals surface area contributed by atoms with E-state index >= 15 is 0 Å². The van der Waals surface area contributed by atoms with Crippen LogP contribution in [0.4, 0.5) is 0 Å². The van der Waals surface area contributed by atoms with Gasteiger partial charge in [-0.05, 0) is 44.0 Å². The highest BCUT2D eigenvalue weighted by atomic mass is 16.2. The van der Waals surface area contributed by atoms with E-state index in [0.29, 0.717) is 6.42 Å². The largest absolute Gasteiger partial charge is 0.342 e. The number of aromatic amines is 1. The lowest BCUT2D eigenvalue weighted by molar-refractivity contribution is -0.134. The van der Waals surface area contributed by atoms with Gasteiger partial charge in [0.25, 0.3) is 0 Å². The standard InChI is InChI=1S/C22H26N4O/c1-23-20(14-16-8-3-2-4-9-16)22(27)26-13-7-10-17(15-26)21-24-18-11-5-6-12-19(18)25-21/h2-6,8-9,11-12,17,20,23H,7,10,13-15H2,1H3,(H,24,25). The Labute approximate surface area is 159 Å². The van der Waals surface area contributed by atoms with Gasteiger partial charge >= 0.3 is 0 Å². The fourth-order valence-electron chi connectivity index (χ4n) is 3.95. The van der Waals surface area contributed by atoms with E-state index in [1.54, 1.807) is 0 Å². The van der Waals surface area contributed by atoms with Crippen LogP contribution in [0.25, 0.3) is 11.0 Å². The van der Waals surface area contributed by atoms with Crippen LogP contribution in [0.1, 0.15) is 30.1 Å². The summed E-state index contributed by atoms with van der Waals surface area (Å²) in [5, 5.41) is 3.21. The number of carbonyl (C=O) groups is 1. The molecule has 4 rings (SSSR count). The van der Waals surface area contributed by atoms with Crippen molar-refractivity contribution in [2.75, 3.05) is 20.1 Å². The van der Waals surface area contributed by atoms with Gasteiger partial charge in [-0.1, -0.05) is 42.5 Å². The number of hydrogen-bond donors (Lipinski definition) is 2. The zero-order valence-corrected chi connectivity index (χ0v) is 15.7. The van der Waals surface area contributed by atoms with Crippen molar-refractivity contribution in [2.45, 2.75) is 31.2 Å². The number of H-pyrrole nitrogens is 1. The van der Waals surface area contributed by atoms with Gasteiger partial charge in [-0.2, -0.15) is 0 Å². The van der Waals surface area contributed by atoms with Crippen molar-refractivity contribution in [2.24, 2.45) is 0 Å². The molecule has 2 heterocycles. The highest BCUT2D eigenvalue weighted by molar-refractivity contribution is 5.82. The minimum absolute atomic E-state index is 0.183. The number of imidazole rings is 1. The molecule has 3 aromatic rings. The molecule has 1 aromatic heterocycles. The molecule has 0 saturated carbocycles. The van der Waals surface area contributed by atoms with Crippen LogP contribution >= 0.6 is 0 Å². The molecular formula is C22H26N4O. The summed E-state index contributed by atoms with van der Waals surface area (Å²) in [5.41, 5.74) is 3.23. The third kappa shape index (κ3) is 3.88. The first-order valence-electron chi connectivity index (χ1n) is 9.69. The maximum atomic E-state index is 13.1. The van der Waals surface area contributed by atoms with Crippen molar-refractivity contribution in [3.8, 4) is 0 Å². The molecule has 2 unspecified atom stereocenters. The summed E-state index contributed by atoms with van der Waals surface area (Å²) in [6, 6.07) is 18.1. The molecular weight excluding hydrogens is 336 g/mol. The van der Waals surface area contributed by atoms with Crippen molar-refractivity contribution < 1.29 is 4.79 Å². The second-order valence-corrected chi connectivity index (χ2v) is 7.29. The van der Waals surface area contributed by atoms with Gasteiger partial charge in [-0.25, -0.2) is 4.98 Å². The highest BCUT2D eigenvalue weighted by Crippen LogP contribution is 2.27. The normalized spacial score (nSPS) is 18.6. The molecule has 1 aliphatic heterocycles. The second-order valence-electron chi connectivity index (χ2n) is 7.29. The molecule has 2 aromatic carbocycles. The molecule has 1 amide bonds. The predicted octanol–water partition coefficient (Wildman–Crippen LogP) is 3.10. The number of carbonyl (C=O) groups excluding carboxylic acids is 1. The van der Waals surface area contributed by atoms with Crippen LogP contribution in [-0.4, -0.2) is 47.0 Å². The summed E-state index contributed by atoms with van der Waals surface area (Å²) in [6.07, 6.45) is 2.78. The lowest BCUT2D eigenvalue weighted by Crippen LogP contribution is -2.49. The van der Waals surface area contributed by atoms with Gasteiger partial charge in [0.05, 0.1) is 17.1 Å². The lowest BCUT2D eigenvalue weighted by atomic mass is 9.96. The third-order valence-electron chi connectivity index (χ3n) is 5.46. The quantitative estimate of drug-likeness (QED) is 0.733. The van der Waals surface area contributed by atoms with Gasteiger partial charge in [0.15, 0.2) is 0 Å². The van der Waals surface area contributed by atoms with E-state index in [1.807, 2.05) is 48.3 Å². The number of hydrogen-bond acceptors (Lipinski definition) is 3. The van der Waals surface area contributed by atoms with Gasteiger partial charge < -0.3 is 15.2 Å². The molecule has 0 aliphatic carbocycles. The maximum Gasteiger partial charge on any atom is 0.240 e. The smallest absolute Gasteiger partial charge is 0.240 e. The van der Waals surface area contributed by atoms with E-state index in [9.17, 15) is 4.79 Å². The molecule has 27 heavy (non-hydrogen) atoms. The molecule has 5 nitrogen and oxygen atoms in total. The molecule has 0 spiro atoms. The van der Waals surface area contributed by atoms with E-state index in [1.165, 1.54) is 5.56 Å². The Morgan fingerprint density at radius 1 is 1.22 bits per heavy atom. The number of likely N-dealkylation sites (N-methyl/N-ethyl adjacent to an activating group) is 1. The third-order valence-corrected chi connectivity index (χ3v) is 5.46. The summed E-state index contributed by atoms with van der Waals surface area (Å²) in [4.78, 5) is 23.3. The van der Waals surface area contributed by atoms with E-state index in [0.717, 1.165) is 42.8 Å². The van der Waals surface area contributed by atoms with Gasteiger partial charge in [0, 0.05) is 19.0 Å². The van der Waals surface area contributed by atoms with Gasteiger partial charge in [-0.15, -0.1) is 0 Å². The summed E-state index contributed by atoms with van der Waals surface area (Å²) >= 11 is 0. The number of amides is 1. The Balaban J connectivity index is 1.47. The SMILES string of the molecule is CNC(Cc1ccccc1)C(=O)N1CCCC(c2nc3ccccc3[nH]2)C1. The minimum atomic E-state index is -0.193. The number of piperidine rings is 1. The van der Waals surface area contributed by atoms with E-state index in [4.69, 9.17) is 4.98 Å². The second kappa shape index (κ2) is 7.92.